The number of benzene rings is 2. The fourth-order valence-corrected chi connectivity index (χ4v) is 4.25. The molecule has 3 rings (SSSR count). The highest BCUT2D eigenvalue weighted by Crippen LogP contribution is 2.42. The lowest BCUT2D eigenvalue weighted by Gasteiger charge is -2.28. The fraction of sp³-hybridized carbons (Fsp3) is 0.385. The van der Waals surface area contributed by atoms with Gasteiger partial charge in [-0.1, -0.05) is 32.0 Å². The Morgan fingerprint density at radius 2 is 1.59 bits per heavy atom. The second-order valence-electron chi connectivity index (χ2n) is 7.83. The van der Waals surface area contributed by atoms with Gasteiger partial charge in [-0.15, -0.1) is 0 Å². The Morgan fingerprint density at radius 1 is 0.941 bits per heavy atom. The van der Waals surface area contributed by atoms with Gasteiger partial charge in [-0.25, -0.2) is 0 Å². The van der Waals surface area contributed by atoms with E-state index in [2.05, 4.69) is 4.90 Å². The molecule has 0 spiro atoms. The van der Waals surface area contributed by atoms with Gasteiger partial charge in [0.15, 0.2) is 11.5 Å². The molecule has 1 amide bonds. The van der Waals surface area contributed by atoms with E-state index in [9.17, 15) is 14.7 Å². The highest BCUT2D eigenvalue weighted by molar-refractivity contribution is 6.46. The van der Waals surface area contributed by atoms with Crippen LogP contribution in [0.15, 0.2) is 48.0 Å². The van der Waals surface area contributed by atoms with Gasteiger partial charge < -0.3 is 29.1 Å². The first kappa shape index (κ1) is 25.1. The Kier molecular flexibility index (Phi) is 8.17. The number of carbonyl (C=O) groups excluding carboxylic acids is 2. The number of hydrogen-bond donors (Lipinski definition) is 1. The Labute approximate surface area is 200 Å². The van der Waals surface area contributed by atoms with E-state index >= 15 is 0 Å². The van der Waals surface area contributed by atoms with Crippen molar-refractivity contribution in [3.05, 3.63) is 59.2 Å². The molecule has 1 heterocycles. The maximum atomic E-state index is 13.3. The van der Waals surface area contributed by atoms with Crippen molar-refractivity contribution in [3.63, 3.8) is 0 Å². The predicted molar refractivity (Wildman–Crippen MR) is 129 cm³/mol. The van der Waals surface area contributed by atoms with E-state index in [-0.39, 0.29) is 11.3 Å². The molecule has 1 fully saturated rings. The first-order chi connectivity index (χ1) is 16.4. The minimum Gasteiger partial charge on any atom is -0.507 e. The van der Waals surface area contributed by atoms with Crippen LogP contribution in [0.4, 0.5) is 0 Å². The van der Waals surface area contributed by atoms with Crippen molar-refractivity contribution in [2.45, 2.75) is 19.9 Å². The summed E-state index contributed by atoms with van der Waals surface area (Å²) in [4.78, 5) is 30.1. The fourth-order valence-electron chi connectivity index (χ4n) is 4.25. The van der Waals surface area contributed by atoms with Crippen molar-refractivity contribution in [3.8, 4) is 17.2 Å². The van der Waals surface area contributed by atoms with E-state index in [1.807, 2.05) is 13.8 Å². The van der Waals surface area contributed by atoms with E-state index in [0.29, 0.717) is 41.5 Å². The molecule has 0 aromatic heterocycles. The van der Waals surface area contributed by atoms with Crippen LogP contribution in [-0.4, -0.2) is 74.1 Å². The number of ketones is 1. The Morgan fingerprint density at radius 3 is 2.21 bits per heavy atom. The quantitative estimate of drug-likeness (QED) is 0.324. The second kappa shape index (κ2) is 11.1. The molecule has 2 aromatic rings. The highest BCUT2D eigenvalue weighted by atomic mass is 16.5. The number of nitrogens with zero attached hydrogens (tertiary/aromatic N) is 2. The van der Waals surface area contributed by atoms with Crippen molar-refractivity contribution >= 4 is 17.4 Å². The molecule has 1 atom stereocenters. The van der Waals surface area contributed by atoms with Crippen LogP contribution in [0, 0.1) is 0 Å². The van der Waals surface area contributed by atoms with Crippen LogP contribution < -0.4 is 14.2 Å². The highest BCUT2D eigenvalue weighted by Gasteiger charge is 2.46. The number of hydrogen-bond acceptors (Lipinski definition) is 7. The number of amides is 1. The van der Waals surface area contributed by atoms with Gasteiger partial charge in [0.05, 0.1) is 38.5 Å². The van der Waals surface area contributed by atoms with Crippen LogP contribution >= 0.6 is 0 Å². The molecule has 34 heavy (non-hydrogen) atoms. The monoisotopic (exact) mass is 468 g/mol. The van der Waals surface area contributed by atoms with Crippen molar-refractivity contribution in [2.75, 3.05) is 47.5 Å². The van der Waals surface area contributed by atoms with E-state index < -0.39 is 17.7 Å². The number of likely N-dealkylation sites (tertiary alicyclic amines) is 1. The SMILES string of the molecule is CCN(CC)CCN1C(=O)C(=O)C(=C(O)c2ccccc2OC)[C@H]1c1ccc(OC)c(OC)c1. The molecule has 1 aliphatic rings. The first-order valence-corrected chi connectivity index (χ1v) is 11.3. The van der Waals surface area contributed by atoms with E-state index in [1.165, 1.54) is 26.2 Å². The summed E-state index contributed by atoms with van der Waals surface area (Å²) in [5.74, 6) is -0.268. The summed E-state index contributed by atoms with van der Waals surface area (Å²) in [5, 5.41) is 11.3. The maximum absolute atomic E-state index is 13.3. The average Bonchev–Trinajstić information content (AvgIpc) is 3.13. The van der Waals surface area contributed by atoms with Gasteiger partial charge in [0.25, 0.3) is 11.7 Å². The van der Waals surface area contributed by atoms with Crippen LogP contribution in [0.1, 0.15) is 31.0 Å². The summed E-state index contributed by atoms with van der Waals surface area (Å²) in [6.07, 6.45) is 0. The van der Waals surface area contributed by atoms with Gasteiger partial charge in [-0.3, -0.25) is 9.59 Å². The third kappa shape index (κ3) is 4.72. The molecule has 0 aliphatic carbocycles. The van der Waals surface area contributed by atoms with Crippen molar-refractivity contribution in [1.82, 2.24) is 9.80 Å². The molecular formula is C26H32N2O6. The smallest absolute Gasteiger partial charge is 0.295 e. The van der Waals surface area contributed by atoms with Crippen LogP contribution in [0.5, 0.6) is 17.2 Å². The van der Waals surface area contributed by atoms with Gasteiger partial charge in [0.1, 0.15) is 11.5 Å². The van der Waals surface area contributed by atoms with Crippen LogP contribution in [0.3, 0.4) is 0 Å². The third-order valence-corrected chi connectivity index (χ3v) is 6.18. The summed E-state index contributed by atoms with van der Waals surface area (Å²) < 4.78 is 16.2. The summed E-state index contributed by atoms with van der Waals surface area (Å²) in [6, 6.07) is 11.3. The van der Waals surface area contributed by atoms with E-state index in [0.717, 1.165) is 13.1 Å². The average molecular weight is 469 g/mol. The molecule has 1 N–H and O–H groups in total. The summed E-state index contributed by atoms with van der Waals surface area (Å²) in [5.41, 5.74) is 0.992. The lowest BCUT2D eigenvalue weighted by atomic mass is 9.94. The van der Waals surface area contributed by atoms with E-state index in [1.54, 1.807) is 42.5 Å². The number of aliphatic hydroxyl groups excluding tert-OH is 1. The zero-order chi connectivity index (χ0) is 24.8. The van der Waals surface area contributed by atoms with Crippen molar-refractivity contribution in [1.29, 1.82) is 0 Å². The molecule has 0 radical (unpaired) electrons. The van der Waals surface area contributed by atoms with Crippen LogP contribution in [0.2, 0.25) is 0 Å². The molecule has 0 saturated carbocycles. The number of para-hydroxylation sites is 1. The molecule has 182 valence electrons. The lowest BCUT2D eigenvalue weighted by molar-refractivity contribution is -0.140. The van der Waals surface area contributed by atoms with Crippen LogP contribution in [-0.2, 0) is 9.59 Å². The number of ether oxygens (including phenoxy) is 3. The second-order valence-corrected chi connectivity index (χ2v) is 7.83. The van der Waals surface area contributed by atoms with Gasteiger partial charge in [0.2, 0.25) is 0 Å². The molecule has 1 aliphatic heterocycles. The number of likely N-dealkylation sites (N-methyl/N-ethyl adjacent to an activating group) is 1. The zero-order valence-corrected chi connectivity index (χ0v) is 20.3. The molecule has 0 unspecified atom stereocenters. The number of Topliss-reactive ketones (excluding diaryl/α,β-unsaturated/α-hetero) is 1. The minimum atomic E-state index is -0.791. The standard InChI is InChI=1S/C26H32N2O6/c1-6-27(7-2)14-15-28-23(17-12-13-20(33-4)21(16-17)34-5)22(25(30)26(28)31)24(29)18-10-8-9-11-19(18)32-3/h8-13,16,23,29H,6-7,14-15H2,1-5H3/t23-/m1/s1. The predicted octanol–water partition coefficient (Wildman–Crippen LogP) is 3.48. The van der Waals surface area contributed by atoms with Gasteiger partial charge in [-0.05, 0) is 42.9 Å². The normalized spacial score (nSPS) is 17.4. The Hall–Kier alpha value is -3.52. The topological polar surface area (TPSA) is 88.5 Å². The van der Waals surface area contributed by atoms with Crippen molar-refractivity contribution < 1.29 is 28.9 Å². The van der Waals surface area contributed by atoms with Gasteiger partial charge >= 0.3 is 0 Å². The zero-order valence-electron chi connectivity index (χ0n) is 20.3. The minimum absolute atomic E-state index is 0.0151. The molecule has 8 nitrogen and oxygen atoms in total. The van der Waals surface area contributed by atoms with Crippen LogP contribution in [0.25, 0.3) is 5.76 Å². The molecular weight excluding hydrogens is 436 g/mol. The third-order valence-electron chi connectivity index (χ3n) is 6.18. The molecule has 8 heteroatoms. The Balaban J connectivity index is 2.18. The van der Waals surface area contributed by atoms with E-state index in [4.69, 9.17) is 14.2 Å². The number of aliphatic hydroxyl groups is 1. The summed E-state index contributed by atoms with van der Waals surface area (Å²) >= 11 is 0. The molecule has 2 aromatic carbocycles. The Bertz CT molecular complexity index is 1080. The van der Waals surface area contributed by atoms with Gasteiger partial charge in [-0.2, -0.15) is 0 Å². The maximum Gasteiger partial charge on any atom is 0.295 e. The lowest BCUT2D eigenvalue weighted by Crippen LogP contribution is -2.38. The van der Waals surface area contributed by atoms with Crippen molar-refractivity contribution in [2.24, 2.45) is 0 Å². The number of carbonyl (C=O) groups is 2. The number of methoxy groups -OCH3 is 3. The number of rotatable bonds is 10. The largest absolute Gasteiger partial charge is 0.507 e. The molecule has 1 saturated heterocycles. The first-order valence-electron chi connectivity index (χ1n) is 11.3. The summed E-state index contributed by atoms with van der Waals surface area (Å²) in [7, 11) is 4.55. The molecule has 0 bridgehead atoms. The van der Waals surface area contributed by atoms with Gasteiger partial charge in [0, 0.05) is 13.1 Å². The summed E-state index contributed by atoms with van der Waals surface area (Å²) in [6.45, 7) is 6.66.